The minimum Gasteiger partial charge on any atom is -0.492 e. The molecule has 6 N–H and O–H groups in total. The number of fused-ring (bicyclic) bond motifs is 6. The zero-order valence-electron chi connectivity index (χ0n) is 38.8. The van der Waals surface area contributed by atoms with Gasteiger partial charge in [0.15, 0.2) is 17.3 Å². The standard InChI is InChI=1S/C48H48N4O16S3/c1-47(2)36(50(20-8-6-7-9-41(56)68-52-39(54)18-19-40(52)55)34-16-10-26-21-28(70(62,63)64)12-14-30(26)42(34)47)23-32-44(57)33(46(59)45(32)58)24-37-48(3,4)43-31-15-13-29(71(65,66)67)22-27(31)11-17-35(43)51(37)25-38(53)49-69(5,60)61/h10-19,21-24,33,46,59H,6-9,20,25H2,1-5H3,(H4,49,53,57,58,62,63,64,65,66,67)/p+1. The van der Waals surface area contributed by atoms with E-state index in [4.69, 9.17) is 4.84 Å². The molecule has 3 heterocycles. The van der Waals surface area contributed by atoms with E-state index >= 15 is 0 Å². The molecule has 5 aromatic rings. The molecule has 8 rings (SSSR count). The van der Waals surface area contributed by atoms with Crippen LogP contribution in [0.4, 0.5) is 11.4 Å². The summed E-state index contributed by atoms with van der Waals surface area (Å²) in [6.07, 6.45) is 2.83. The summed E-state index contributed by atoms with van der Waals surface area (Å²) in [6, 6.07) is 16.9. The number of benzene rings is 4. The van der Waals surface area contributed by atoms with Crippen LogP contribution in [0.15, 0.2) is 106 Å². The van der Waals surface area contributed by atoms with Crippen LogP contribution in [-0.2, 0) is 60.3 Å². The van der Waals surface area contributed by atoms with Gasteiger partial charge in [-0.2, -0.15) is 21.4 Å². The number of nitrogens with zero attached hydrogens (tertiary/aromatic N) is 3. The van der Waals surface area contributed by atoms with Crippen LogP contribution < -0.4 is 14.5 Å². The highest BCUT2D eigenvalue weighted by molar-refractivity contribution is 7.89. The molecule has 1 fully saturated rings. The van der Waals surface area contributed by atoms with E-state index in [1.165, 1.54) is 47.4 Å². The summed E-state index contributed by atoms with van der Waals surface area (Å²) in [6.45, 7) is 6.84. The van der Waals surface area contributed by atoms with Gasteiger partial charge in [-0.15, -0.1) is 4.73 Å². The Balaban J connectivity index is 1.18. The number of carbonyl (C=O) groups excluding carboxylic acids is 4. The van der Waals surface area contributed by atoms with Gasteiger partial charge in [0.1, 0.15) is 19.2 Å². The van der Waals surface area contributed by atoms with Gasteiger partial charge in [-0.05, 0) is 90.2 Å². The maximum absolute atomic E-state index is 14.8. The Morgan fingerprint density at radius 3 is 1.92 bits per heavy atom. The van der Waals surface area contributed by atoms with Gasteiger partial charge in [0.05, 0.1) is 33.0 Å². The number of anilines is 1. The minimum atomic E-state index is -4.60. The Hall–Kier alpha value is -6.76. The first-order valence-electron chi connectivity index (χ1n) is 22.0. The van der Waals surface area contributed by atoms with Crippen molar-refractivity contribution < 1.29 is 78.3 Å². The molecule has 0 saturated heterocycles. The first-order chi connectivity index (χ1) is 33.0. The fourth-order valence-corrected chi connectivity index (χ4v) is 11.5. The van der Waals surface area contributed by atoms with E-state index in [1.54, 1.807) is 44.2 Å². The number of aliphatic hydroxyl groups is 1. The fourth-order valence-electron chi connectivity index (χ4n) is 9.96. The lowest BCUT2D eigenvalue weighted by Crippen LogP contribution is -2.40. The van der Waals surface area contributed by atoms with Gasteiger partial charge >= 0.3 is 5.97 Å². The topological polar surface area (TPSA) is 304 Å². The zero-order chi connectivity index (χ0) is 51.9. The van der Waals surface area contributed by atoms with E-state index in [2.05, 4.69) is 0 Å². The van der Waals surface area contributed by atoms with E-state index < -0.39 is 94.9 Å². The van der Waals surface area contributed by atoms with Crippen molar-refractivity contribution in [2.75, 3.05) is 24.2 Å². The molecular formula is C48H49N4O16S3+. The first kappa shape index (κ1) is 50.6. The highest BCUT2D eigenvalue weighted by atomic mass is 32.2. The monoisotopic (exact) mass is 1030 g/mol. The van der Waals surface area contributed by atoms with Crippen molar-refractivity contribution in [1.29, 1.82) is 0 Å². The number of aromatic hydroxyl groups is 2. The summed E-state index contributed by atoms with van der Waals surface area (Å²) >= 11 is 0. The molecule has 1 aliphatic carbocycles. The molecule has 20 nitrogen and oxygen atoms in total. The predicted octanol–water partition coefficient (Wildman–Crippen LogP) is 4.10. The van der Waals surface area contributed by atoms with Crippen molar-refractivity contribution in [3.8, 4) is 11.8 Å². The molecule has 0 spiro atoms. The van der Waals surface area contributed by atoms with Crippen LogP contribution in [0.1, 0.15) is 64.5 Å². The number of rotatable bonds is 14. The number of amides is 1. The molecule has 1 amide bonds. The van der Waals surface area contributed by atoms with Crippen LogP contribution in [0.2, 0.25) is 0 Å². The molecule has 0 bridgehead atoms. The second kappa shape index (κ2) is 17.8. The number of Topliss-reactive ketones (excluding diaryl/α,β-unsaturated/α-hetero) is 2. The Morgan fingerprint density at radius 1 is 0.761 bits per heavy atom. The second-order valence-corrected chi connectivity index (χ2v) is 23.3. The van der Waals surface area contributed by atoms with Crippen LogP contribution in [-0.4, -0.2) is 114 Å². The van der Waals surface area contributed by atoms with Gasteiger partial charge in [-0.3, -0.25) is 28.2 Å². The van der Waals surface area contributed by atoms with Gasteiger partial charge in [0, 0.05) is 59.5 Å². The lowest BCUT2D eigenvalue weighted by Gasteiger charge is -2.28. The fraction of sp³-hybridized carbons (Fsp3) is 0.312. The molecule has 2 atom stereocenters. The number of hydrogen-bond acceptors (Lipinski definition) is 15. The van der Waals surface area contributed by atoms with Crippen molar-refractivity contribution in [1.82, 2.24) is 9.45 Å². The van der Waals surface area contributed by atoms with E-state index in [-0.39, 0.29) is 34.0 Å². The van der Waals surface area contributed by atoms with Crippen molar-refractivity contribution >= 4 is 92.3 Å². The average molecular weight is 1030 g/mol. The number of aromatic nitrogens is 1. The number of carbonyl (C=O) groups is 4. The van der Waals surface area contributed by atoms with Crippen molar-refractivity contribution in [3.05, 3.63) is 107 Å². The Kier molecular flexibility index (Phi) is 12.7. The summed E-state index contributed by atoms with van der Waals surface area (Å²) in [5.74, 6) is -5.81. The summed E-state index contributed by atoms with van der Waals surface area (Å²) in [5, 5.41) is 33.4. The highest BCUT2D eigenvalue weighted by Crippen LogP contribution is 2.52. The molecule has 23 heteroatoms. The number of hydrogen-bond donors (Lipinski definition) is 6. The third-order valence-electron chi connectivity index (χ3n) is 13.1. The molecular weight excluding hydrogens is 985 g/mol. The van der Waals surface area contributed by atoms with E-state index in [0.717, 1.165) is 18.4 Å². The summed E-state index contributed by atoms with van der Waals surface area (Å²) in [4.78, 5) is 60.7. The maximum Gasteiger partial charge on any atom is 0.333 e. The number of aliphatic hydroxyl groups excluding tert-OH is 1. The number of nitrogens with one attached hydrogen (secondary N) is 1. The van der Waals surface area contributed by atoms with Crippen LogP contribution >= 0.6 is 0 Å². The Labute approximate surface area is 407 Å². The third-order valence-corrected chi connectivity index (χ3v) is 15.4. The lowest BCUT2D eigenvalue weighted by molar-refractivity contribution is -0.438. The maximum atomic E-state index is 14.8. The number of allylic oxidation sites excluding steroid dienone is 2. The molecule has 1 saturated carbocycles. The van der Waals surface area contributed by atoms with Crippen LogP contribution in [0.3, 0.4) is 0 Å². The minimum absolute atomic E-state index is 0.0782. The Bertz CT molecular complexity index is 3590. The van der Waals surface area contributed by atoms with Crippen LogP contribution in [0.5, 0.6) is 11.8 Å². The molecule has 4 aromatic carbocycles. The number of unbranched alkanes of at least 4 members (excludes halogenated alkanes) is 2. The average Bonchev–Trinajstić information content (AvgIpc) is 3.85. The summed E-state index contributed by atoms with van der Waals surface area (Å²) < 4.78 is 96.6. The van der Waals surface area contributed by atoms with Crippen LogP contribution in [0, 0.1) is 5.92 Å². The van der Waals surface area contributed by atoms with Crippen molar-refractivity contribution in [2.24, 2.45) is 5.92 Å². The largest absolute Gasteiger partial charge is 0.492 e. The molecule has 3 aliphatic rings. The van der Waals surface area contributed by atoms with Gasteiger partial charge in [-0.1, -0.05) is 38.1 Å². The molecule has 2 aliphatic heterocycles. The summed E-state index contributed by atoms with van der Waals surface area (Å²) in [7, 11) is -13.2. The number of sulfonamides is 1. The molecule has 2 unspecified atom stereocenters. The quantitative estimate of drug-likeness (QED) is 0.0300. The van der Waals surface area contributed by atoms with Crippen molar-refractivity contribution in [2.45, 2.75) is 80.1 Å². The molecule has 374 valence electrons. The third kappa shape index (κ3) is 9.35. The van der Waals surface area contributed by atoms with E-state index in [0.29, 0.717) is 73.8 Å². The van der Waals surface area contributed by atoms with Gasteiger partial charge < -0.3 is 25.1 Å². The van der Waals surface area contributed by atoms with E-state index in [9.17, 15) is 68.9 Å². The summed E-state index contributed by atoms with van der Waals surface area (Å²) in [5.41, 5.74) is 0.419. The number of ketones is 2. The van der Waals surface area contributed by atoms with Gasteiger partial charge in [0.25, 0.3) is 26.1 Å². The predicted molar refractivity (Wildman–Crippen MR) is 257 cm³/mol. The normalized spacial score (nSPS) is 19.9. The van der Waals surface area contributed by atoms with E-state index in [1.807, 2.05) is 23.1 Å². The Morgan fingerprint density at radius 2 is 1.34 bits per heavy atom. The molecule has 0 radical (unpaired) electrons. The smallest absolute Gasteiger partial charge is 0.333 e. The second-order valence-electron chi connectivity index (χ2n) is 18.7. The van der Waals surface area contributed by atoms with Gasteiger partial charge in [0.2, 0.25) is 27.5 Å². The molecule has 71 heavy (non-hydrogen) atoms. The highest BCUT2D eigenvalue weighted by Gasteiger charge is 2.51. The SMILES string of the molecule is CC1(C)C(=CC2C(=O)C(=CC3=[N+](CCCCCC(=O)On4c(O)ccc4O)c4ccc5cc(S(=O)(=O)O)ccc5c4C3(C)C)C(=O)C2O)N(CC(=O)NS(C)(=O)=O)c2ccc3cc(S(=O)(=O)O)ccc3c21. The van der Waals surface area contributed by atoms with Crippen LogP contribution in [0.25, 0.3) is 21.5 Å². The molecule has 1 aromatic heterocycles. The van der Waals surface area contributed by atoms with Crippen molar-refractivity contribution in [3.63, 3.8) is 0 Å². The zero-order valence-corrected chi connectivity index (χ0v) is 41.2. The first-order valence-corrected chi connectivity index (χ1v) is 26.8. The lowest BCUT2D eigenvalue weighted by atomic mass is 9.78. The van der Waals surface area contributed by atoms with Gasteiger partial charge in [-0.25, -0.2) is 13.2 Å².